The Morgan fingerprint density at radius 3 is 2.25 bits per heavy atom. The summed E-state index contributed by atoms with van der Waals surface area (Å²) in [6, 6.07) is 17.6. The van der Waals surface area contributed by atoms with Gasteiger partial charge in [-0.05, 0) is 67.3 Å². The lowest BCUT2D eigenvalue weighted by Crippen LogP contribution is -2.44. The number of aromatic nitrogens is 2. The number of esters is 1. The second-order valence-corrected chi connectivity index (χ2v) is 11.8. The second-order valence-electron chi connectivity index (χ2n) is 10.9. The normalized spacial score (nSPS) is 16.5. The van der Waals surface area contributed by atoms with Gasteiger partial charge in [-0.3, -0.25) is 14.2 Å². The Labute approximate surface area is 264 Å². The number of nitrogens with zero attached hydrogens (tertiary/aromatic N) is 3. The molecule has 1 aliphatic rings. The van der Waals surface area contributed by atoms with Crippen molar-refractivity contribution < 1.29 is 23.5 Å². The first-order chi connectivity index (χ1) is 21.0. The quantitative estimate of drug-likeness (QED) is 0.148. The molecule has 2 amide bonds. The SMILES string of the molecule is CCCCOC(=O)[C@H](C)NC(=O)c1cnc2n1[C@](C)(Cc1ccc(-c3ccc(F)cc3)cc1)C(=O)N2c1cc(Cl)cc(Cl)c1. The van der Waals surface area contributed by atoms with Crippen molar-refractivity contribution in [1.29, 1.82) is 0 Å². The summed E-state index contributed by atoms with van der Waals surface area (Å²) >= 11 is 12.6. The molecular formula is C33H31Cl2FN4O4. The Kier molecular flexibility index (Phi) is 9.08. The lowest BCUT2D eigenvalue weighted by Gasteiger charge is -2.27. The van der Waals surface area contributed by atoms with Gasteiger partial charge in [-0.25, -0.2) is 19.1 Å². The number of unbranched alkanes of at least 4 members (excludes halogenated alkanes) is 1. The fraction of sp³-hybridized carbons (Fsp3) is 0.273. The lowest BCUT2D eigenvalue weighted by molar-refractivity contribution is -0.145. The number of carbonyl (C=O) groups is 3. The zero-order valence-electron chi connectivity index (χ0n) is 24.4. The topological polar surface area (TPSA) is 93.5 Å². The van der Waals surface area contributed by atoms with Crippen LogP contribution in [0.5, 0.6) is 0 Å². The Balaban J connectivity index is 1.50. The van der Waals surface area contributed by atoms with Crippen molar-refractivity contribution in [1.82, 2.24) is 14.9 Å². The largest absolute Gasteiger partial charge is 0.464 e. The van der Waals surface area contributed by atoms with Gasteiger partial charge in [-0.15, -0.1) is 0 Å². The van der Waals surface area contributed by atoms with Crippen LogP contribution in [-0.2, 0) is 26.3 Å². The number of fused-ring (bicyclic) bond motifs is 1. The molecule has 1 N–H and O–H groups in total. The molecule has 0 bridgehead atoms. The van der Waals surface area contributed by atoms with E-state index in [0.29, 0.717) is 15.7 Å². The fourth-order valence-electron chi connectivity index (χ4n) is 5.26. The average molecular weight is 638 g/mol. The van der Waals surface area contributed by atoms with Crippen LogP contribution in [0, 0.1) is 5.82 Å². The number of amides is 2. The minimum absolute atomic E-state index is 0.0996. The van der Waals surface area contributed by atoms with Crippen LogP contribution in [0.25, 0.3) is 11.1 Å². The van der Waals surface area contributed by atoms with Crippen LogP contribution in [0.15, 0.2) is 72.9 Å². The van der Waals surface area contributed by atoms with Gasteiger partial charge in [0.15, 0.2) is 0 Å². The number of benzene rings is 3. The summed E-state index contributed by atoms with van der Waals surface area (Å²) in [5.74, 6) is -1.59. The summed E-state index contributed by atoms with van der Waals surface area (Å²) in [6.07, 6.45) is 3.17. The lowest BCUT2D eigenvalue weighted by atomic mass is 9.90. The number of hydrogen-bond donors (Lipinski definition) is 1. The molecule has 4 aromatic rings. The first kappa shape index (κ1) is 31.2. The average Bonchev–Trinajstić information content (AvgIpc) is 3.51. The van der Waals surface area contributed by atoms with E-state index < -0.39 is 23.5 Å². The second kappa shape index (κ2) is 12.8. The number of ether oxygens (including phenoxy) is 1. The number of carbonyl (C=O) groups excluding carboxylic acids is 3. The zero-order chi connectivity index (χ0) is 31.6. The highest BCUT2D eigenvalue weighted by Gasteiger charge is 2.51. The van der Waals surface area contributed by atoms with Crippen molar-refractivity contribution in [3.05, 3.63) is 100 Å². The highest BCUT2D eigenvalue weighted by Crippen LogP contribution is 2.43. The van der Waals surface area contributed by atoms with Gasteiger partial charge < -0.3 is 10.1 Å². The van der Waals surface area contributed by atoms with Crippen LogP contribution in [-0.4, -0.2) is 40.0 Å². The molecule has 0 saturated heterocycles. The van der Waals surface area contributed by atoms with Crippen molar-refractivity contribution >= 4 is 52.6 Å². The number of anilines is 2. The van der Waals surface area contributed by atoms with Crippen molar-refractivity contribution in [2.24, 2.45) is 0 Å². The van der Waals surface area contributed by atoms with E-state index in [4.69, 9.17) is 27.9 Å². The van der Waals surface area contributed by atoms with E-state index in [9.17, 15) is 18.8 Å². The van der Waals surface area contributed by atoms with E-state index in [0.717, 1.165) is 29.5 Å². The van der Waals surface area contributed by atoms with Gasteiger partial charge >= 0.3 is 5.97 Å². The van der Waals surface area contributed by atoms with Crippen molar-refractivity contribution in [3.8, 4) is 11.1 Å². The molecule has 5 rings (SSSR count). The van der Waals surface area contributed by atoms with E-state index in [1.54, 1.807) is 48.7 Å². The molecule has 3 aromatic carbocycles. The Bertz CT molecular complexity index is 1690. The van der Waals surface area contributed by atoms with Crippen molar-refractivity contribution in [3.63, 3.8) is 0 Å². The number of rotatable bonds is 10. The highest BCUT2D eigenvalue weighted by molar-refractivity contribution is 6.35. The van der Waals surface area contributed by atoms with Gasteiger partial charge in [-0.2, -0.15) is 0 Å². The molecule has 228 valence electrons. The highest BCUT2D eigenvalue weighted by atomic mass is 35.5. The third-order valence-electron chi connectivity index (χ3n) is 7.56. The predicted octanol–water partition coefficient (Wildman–Crippen LogP) is 7.09. The molecule has 11 heteroatoms. The molecular weight excluding hydrogens is 606 g/mol. The smallest absolute Gasteiger partial charge is 0.328 e. The first-order valence-electron chi connectivity index (χ1n) is 14.2. The Morgan fingerprint density at radius 1 is 1.02 bits per heavy atom. The molecule has 0 radical (unpaired) electrons. The van der Waals surface area contributed by atoms with Crippen molar-refractivity contribution in [2.75, 3.05) is 11.5 Å². The van der Waals surface area contributed by atoms with E-state index >= 15 is 0 Å². The molecule has 1 aromatic heterocycles. The van der Waals surface area contributed by atoms with Crippen LogP contribution in [0.2, 0.25) is 10.0 Å². The van der Waals surface area contributed by atoms with Crippen LogP contribution in [0.1, 0.15) is 49.7 Å². The van der Waals surface area contributed by atoms with Gasteiger partial charge in [0.1, 0.15) is 23.1 Å². The third-order valence-corrected chi connectivity index (χ3v) is 8.00. The molecule has 0 spiro atoms. The number of halogens is 3. The maximum absolute atomic E-state index is 14.3. The Hall–Kier alpha value is -4.21. The van der Waals surface area contributed by atoms with E-state index in [1.165, 1.54) is 23.2 Å². The fourth-order valence-corrected chi connectivity index (χ4v) is 5.77. The number of imidazole rings is 1. The molecule has 2 heterocycles. The van der Waals surface area contributed by atoms with Gasteiger partial charge in [0, 0.05) is 16.5 Å². The molecule has 0 saturated carbocycles. The minimum Gasteiger partial charge on any atom is -0.464 e. The maximum Gasteiger partial charge on any atom is 0.328 e. The van der Waals surface area contributed by atoms with Crippen molar-refractivity contribution in [2.45, 2.75) is 51.6 Å². The van der Waals surface area contributed by atoms with E-state index in [-0.39, 0.29) is 36.4 Å². The standard InChI is InChI=1S/C33H31Cl2FN4O4/c1-4-5-14-44-30(42)20(2)38-29(41)28-19-37-32-39(27-16-24(34)15-25(35)17-27)31(43)33(3,40(28)32)18-21-6-8-22(9-7-21)23-10-12-26(36)13-11-23/h6-13,15-17,19-20H,4-5,14,18H2,1-3H3,(H,38,41)/t20-,33+/m0/s1. The summed E-state index contributed by atoms with van der Waals surface area (Å²) in [5, 5.41) is 3.35. The molecule has 0 unspecified atom stereocenters. The maximum atomic E-state index is 14.3. The Morgan fingerprint density at radius 2 is 1.64 bits per heavy atom. The van der Waals surface area contributed by atoms with Gasteiger partial charge in [-0.1, -0.05) is 72.9 Å². The number of nitrogens with one attached hydrogen (secondary N) is 1. The van der Waals surface area contributed by atoms with E-state index in [2.05, 4.69) is 10.3 Å². The van der Waals surface area contributed by atoms with Crippen LogP contribution in [0.4, 0.5) is 16.0 Å². The number of hydrogen-bond acceptors (Lipinski definition) is 5. The molecule has 8 nitrogen and oxygen atoms in total. The predicted molar refractivity (Wildman–Crippen MR) is 168 cm³/mol. The summed E-state index contributed by atoms with van der Waals surface area (Å²) < 4.78 is 20.3. The summed E-state index contributed by atoms with van der Waals surface area (Å²) in [5.41, 5.74) is 1.75. The molecule has 0 fully saturated rings. The summed E-state index contributed by atoms with van der Waals surface area (Å²) in [7, 11) is 0. The minimum atomic E-state index is -1.30. The van der Waals surface area contributed by atoms with Gasteiger partial charge in [0.25, 0.3) is 11.8 Å². The van der Waals surface area contributed by atoms with E-state index in [1.807, 2.05) is 31.2 Å². The van der Waals surface area contributed by atoms with Crippen LogP contribution < -0.4 is 10.2 Å². The summed E-state index contributed by atoms with van der Waals surface area (Å²) in [4.78, 5) is 46.2. The molecule has 44 heavy (non-hydrogen) atoms. The zero-order valence-corrected chi connectivity index (χ0v) is 26.0. The van der Waals surface area contributed by atoms with Crippen LogP contribution >= 0.6 is 23.2 Å². The van der Waals surface area contributed by atoms with Gasteiger partial charge in [0.2, 0.25) is 5.95 Å². The molecule has 0 aliphatic carbocycles. The molecule has 2 atom stereocenters. The van der Waals surface area contributed by atoms with Crippen LogP contribution in [0.3, 0.4) is 0 Å². The summed E-state index contributed by atoms with van der Waals surface area (Å²) in [6.45, 7) is 5.53. The first-order valence-corrected chi connectivity index (χ1v) is 15.0. The van der Waals surface area contributed by atoms with Gasteiger partial charge in [0.05, 0.1) is 18.5 Å². The molecule has 1 aliphatic heterocycles. The monoisotopic (exact) mass is 636 g/mol. The third kappa shape index (κ3) is 6.21.